The van der Waals surface area contributed by atoms with E-state index in [1.165, 1.54) is 0 Å². The average Bonchev–Trinajstić information content (AvgIpc) is 2.61. The second-order valence-electron chi connectivity index (χ2n) is 6.18. The van der Waals surface area contributed by atoms with Gasteiger partial charge in [-0.2, -0.15) is 0 Å². The molecule has 0 aliphatic rings. The van der Waals surface area contributed by atoms with E-state index in [0.717, 1.165) is 34.0 Å². The summed E-state index contributed by atoms with van der Waals surface area (Å²) in [5.41, 5.74) is 4.75. The molecule has 1 aromatic heterocycles. The Morgan fingerprint density at radius 2 is 1.68 bits per heavy atom. The zero-order valence-electron chi connectivity index (χ0n) is 14.8. The van der Waals surface area contributed by atoms with Crippen LogP contribution in [0.4, 0.5) is 5.69 Å². The number of para-hydroxylation sites is 2. The molecule has 0 aliphatic carbocycles. The van der Waals surface area contributed by atoms with Crippen LogP contribution in [0.3, 0.4) is 0 Å². The van der Waals surface area contributed by atoms with Crippen LogP contribution in [-0.2, 0) is 0 Å². The van der Waals surface area contributed by atoms with Crippen LogP contribution >= 0.6 is 0 Å². The van der Waals surface area contributed by atoms with Crippen LogP contribution in [0.2, 0.25) is 13.1 Å². The first-order valence-corrected chi connectivity index (χ1v) is 11.2. The van der Waals surface area contributed by atoms with E-state index in [2.05, 4.69) is 43.2 Å². The maximum atomic E-state index is 6.05. The molecule has 2 aromatic carbocycles. The highest BCUT2D eigenvalue weighted by Crippen LogP contribution is 2.29. The average molecular weight is 347 g/mol. The van der Waals surface area contributed by atoms with Crippen molar-refractivity contribution in [2.45, 2.75) is 20.0 Å². The molecule has 0 N–H and O–H groups in total. The standard InChI is InChI=1S/C21H22N2OSi/c1-16-13-14-22-19(15-16)21(17-9-5-4-6-10-17)23-18-11-7-8-12-20(18)24-25(2)3/h4-15,25H,1-3H3. The van der Waals surface area contributed by atoms with Crippen LogP contribution in [0.1, 0.15) is 16.8 Å². The first-order chi connectivity index (χ1) is 12.1. The molecule has 0 unspecified atom stereocenters. The van der Waals surface area contributed by atoms with E-state index in [1.54, 1.807) is 0 Å². The number of rotatable bonds is 5. The highest BCUT2D eigenvalue weighted by atomic mass is 28.3. The molecule has 3 nitrogen and oxygen atoms in total. The number of aliphatic imine (C=N–C) groups is 1. The van der Waals surface area contributed by atoms with Gasteiger partial charge >= 0.3 is 0 Å². The van der Waals surface area contributed by atoms with E-state index < -0.39 is 9.04 Å². The number of pyridine rings is 1. The summed E-state index contributed by atoms with van der Waals surface area (Å²) in [6.45, 7) is 6.37. The molecule has 0 saturated carbocycles. The van der Waals surface area contributed by atoms with E-state index in [-0.39, 0.29) is 0 Å². The molecule has 0 spiro atoms. The van der Waals surface area contributed by atoms with Crippen molar-refractivity contribution >= 4 is 20.4 Å². The highest BCUT2D eigenvalue weighted by Gasteiger charge is 2.11. The molecule has 0 radical (unpaired) electrons. The molecule has 0 amide bonds. The Balaban J connectivity index is 2.14. The molecule has 0 fully saturated rings. The van der Waals surface area contributed by atoms with Crippen molar-refractivity contribution in [3.05, 3.63) is 89.7 Å². The normalized spacial score (nSPS) is 11.6. The predicted octanol–water partition coefficient (Wildman–Crippen LogP) is 4.92. The molecule has 126 valence electrons. The summed E-state index contributed by atoms with van der Waals surface area (Å²) in [4.78, 5) is 9.48. The Labute approximate surface area is 150 Å². The van der Waals surface area contributed by atoms with Crippen LogP contribution in [0.5, 0.6) is 5.75 Å². The molecule has 25 heavy (non-hydrogen) atoms. The zero-order chi connectivity index (χ0) is 17.6. The van der Waals surface area contributed by atoms with Gasteiger partial charge in [-0.05, 0) is 49.8 Å². The van der Waals surface area contributed by atoms with Crippen LogP contribution in [0, 0.1) is 6.92 Å². The van der Waals surface area contributed by atoms with Crippen molar-refractivity contribution in [3.63, 3.8) is 0 Å². The molecular weight excluding hydrogens is 324 g/mol. The molecule has 0 aliphatic heterocycles. The van der Waals surface area contributed by atoms with Gasteiger partial charge in [-0.25, -0.2) is 4.99 Å². The van der Waals surface area contributed by atoms with Crippen LogP contribution in [-0.4, -0.2) is 19.7 Å². The maximum Gasteiger partial charge on any atom is 0.229 e. The second-order valence-corrected chi connectivity index (χ2v) is 8.51. The van der Waals surface area contributed by atoms with Gasteiger partial charge in [0.25, 0.3) is 0 Å². The molecule has 0 atom stereocenters. The third-order valence-electron chi connectivity index (χ3n) is 3.67. The Morgan fingerprint density at radius 3 is 2.40 bits per heavy atom. The fraction of sp³-hybridized carbons (Fsp3) is 0.143. The number of benzene rings is 2. The fourth-order valence-electron chi connectivity index (χ4n) is 2.55. The van der Waals surface area contributed by atoms with Gasteiger partial charge in [0, 0.05) is 11.8 Å². The highest BCUT2D eigenvalue weighted by molar-refractivity contribution is 6.49. The zero-order valence-corrected chi connectivity index (χ0v) is 16.0. The minimum absolute atomic E-state index is 0.838. The van der Waals surface area contributed by atoms with Crippen LogP contribution < -0.4 is 4.43 Å². The van der Waals surface area contributed by atoms with Gasteiger partial charge in [-0.3, -0.25) is 4.98 Å². The van der Waals surface area contributed by atoms with E-state index >= 15 is 0 Å². The van der Waals surface area contributed by atoms with Crippen LogP contribution in [0.25, 0.3) is 0 Å². The Hall–Kier alpha value is -2.72. The lowest BCUT2D eigenvalue weighted by atomic mass is 10.1. The van der Waals surface area contributed by atoms with Crippen molar-refractivity contribution in [3.8, 4) is 5.75 Å². The molecule has 1 heterocycles. The lowest BCUT2D eigenvalue weighted by molar-refractivity contribution is 0.582. The lowest BCUT2D eigenvalue weighted by Gasteiger charge is -2.13. The quantitative estimate of drug-likeness (QED) is 0.485. The topological polar surface area (TPSA) is 34.5 Å². The number of hydrogen-bond donors (Lipinski definition) is 0. The Bertz CT molecular complexity index is 876. The first kappa shape index (κ1) is 17.1. The molecule has 0 saturated heterocycles. The Kier molecular flexibility index (Phi) is 5.41. The summed E-state index contributed by atoms with van der Waals surface area (Å²) < 4.78 is 6.05. The fourth-order valence-corrected chi connectivity index (χ4v) is 3.26. The van der Waals surface area contributed by atoms with Gasteiger partial charge in [-0.1, -0.05) is 42.5 Å². The summed E-state index contributed by atoms with van der Waals surface area (Å²) >= 11 is 0. The van der Waals surface area contributed by atoms with Crippen molar-refractivity contribution in [2.24, 2.45) is 4.99 Å². The van der Waals surface area contributed by atoms with Gasteiger partial charge in [0.1, 0.15) is 11.4 Å². The number of aromatic nitrogens is 1. The molecule has 0 bridgehead atoms. The SMILES string of the molecule is Cc1ccnc(C(=Nc2ccccc2O[SiH](C)C)c2ccccc2)c1. The minimum atomic E-state index is -1.21. The van der Waals surface area contributed by atoms with Gasteiger partial charge in [0.2, 0.25) is 9.04 Å². The Morgan fingerprint density at radius 1 is 0.960 bits per heavy atom. The van der Waals surface area contributed by atoms with Crippen molar-refractivity contribution in [1.29, 1.82) is 0 Å². The van der Waals surface area contributed by atoms with Crippen molar-refractivity contribution in [2.75, 3.05) is 0 Å². The van der Waals surface area contributed by atoms with E-state index in [1.807, 2.05) is 54.7 Å². The lowest BCUT2D eigenvalue weighted by Crippen LogP contribution is -2.11. The largest absolute Gasteiger partial charge is 0.546 e. The number of nitrogens with zero attached hydrogens (tertiary/aromatic N) is 2. The summed E-state index contributed by atoms with van der Waals surface area (Å²) in [5.74, 6) is 0.838. The predicted molar refractivity (Wildman–Crippen MR) is 107 cm³/mol. The number of hydrogen-bond acceptors (Lipinski definition) is 3. The molecular formula is C21H22N2OSi. The second kappa shape index (κ2) is 7.90. The van der Waals surface area contributed by atoms with E-state index in [4.69, 9.17) is 9.42 Å². The van der Waals surface area contributed by atoms with E-state index in [0.29, 0.717) is 0 Å². The summed E-state index contributed by atoms with van der Waals surface area (Å²) in [6.07, 6.45) is 1.83. The monoisotopic (exact) mass is 346 g/mol. The molecule has 3 rings (SSSR count). The molecule has 3 aromatic rings. The van der Waals surface area contributed by atoms with Crippen LogP contribution in [0.15, 0.2) is 77.9 Å². The number of aryl methyl sites for hydroxylation is 1. The third kappa shape index (κ3) is 4.42. The smallest absolute Gasteiger partial charge is 0.229 e. The minimum Gasteiger partial charge on any atom is -0.546 e. The van der Waals surface area contributed by atoms with Crippen molar-refractivity contribution < 1.29 is 4.43 Å². The van der Waals surface area contributed by atoms with E-state index in [9.17, 15) is 0 Å². The molecule has 4 heteroatoms. The third-order valence-corrected chi connectivity index (χ3v) is 4.39. The first-order valence-electron chi connectivity index (χ1n) is 8.46. The van der Waals surface area contributed by atoms with Gasteiger partial charge < -0.3 is 4.43 Å². The van der Waals surface area contributed by atoms with Crippen molar-refractivity contribution in [1.82, 2.24) is 4.98 Å². The van der Waals surface area contributed by atoms with Gasteiger partial charge in [0.05, 0.1) is 11.4 Å². The summed E-state index contributed by atoms with van der Waals surface area (Å²) in [6, 6.07) is 22.2. The summed E-state index contributed by atoms with van der Waals surface area (Å²) in [7, 11) is -1.21. The summed E-state index contributed by atoms with van der Waals surface area (Å²) in [5, 5.41) is 0. The van der Waals surface area contributed by atoms with Gasteiger partial charge in [0.15, 0.2) is 0 Å². The van der Waals surface area contributed by atoms with Gasteiger partial charge in [-0.15, -0.1) is 0 Å². The maximum absolute atomic E-state index is 6.05.